The van der Waals surface area contributed by atoms with Gasteiger partial charge in [-0.1, -0.05) is 55.3 Å². The highest BCUT2D eigenvalue weighted by molar-refractivity contribution is 6.01. The zero-order valence-corrected chi connectivity index (χ0v) is 18.4. The molecule has 0 aromatic heterocycles. The molecule has 5 nitrogen and oxygen atoms in total. The molecule has 0 saturated heterocycles. The molecule has 2 aliphatic heterocycles. The lowest BCUT2D eigenvalue weighted by Crippen LogP contribution is -2.33. The molecule has 0 radical (unpaired) electrons. The highest BCUT2D eigenvalue weighted by Crippen LogP contribution is 2.44. The quantitative estimate of drug-likeness (QED) is 0.576. The minimum absolute atomic E-state index is 0.107. The van der Waals surface area contributed by atoms with Crippen molar-refractivity contribution < 1.29 is 14.3 Å². The minimum Gasteiger partial charge on any atom is -0.457 e. The molecule has 1 aliphatic carbocycles. The summed E-state index contributed by atoms with van der Waals surface area (Å²) in [7, 11) is 0. The van der Waals surface area contributed by atoms with Crippen molar-refractivity contribution in [2.24, 2.45) is 5.92 Å². The lowest BCUT2D eigenvalue weighted by Gasteiger charge is -2.27. The molecular formula is C28H26N2O3. The Bertz CT molecular complexity index is 1200. The van der Waals surface area contributed by atoms with Gasteiger partial charge in [-0.15, -0.1) is 0 Å². The van der Waals surface area contributed by atoms with E-state index >= 15 is 0 Å². The molecular weight excluding hydrogens is 412 g/mol. The van der Waals surface area contributed by atoms with E-state index in [9.17, 15) is 9.59 Å². The standard InChI is InChI=1S/C28H26N2O3/c31-27(26-21-9-3-5-11-24(21)33-25-12-6-4-10-22(25)26)29-20-14-13-18-15-16-30(23(18)17-20)28(32)19-7-1-2-8-19/h3-6,9-14,17,19,26H,1-2,7-8,15-16H2,(H,29,31). The number of anilines is 2. The first-order chi connectivity index (χ1) is 16.2. The van der Waals surface area contributed by atoms with Crippen LogP contribution in [0.3, 0.4) is 0 Å². The highest BCUT2D eigenvalue weighted by Gasteiger charge is 2.34. The third-order valence-corrected chi connectivity index (χ3v) is 7.16. The van der Waals surface area contributed by atoms with Gasteiger partial charge in [0.15, 0.2) is 0 Å². The summed E-state index contributed by atoms with van der Waals surface area (Å²) in [5.41, 5.74) is 4.53. The van der Waals surface area contributed by atoms with Crippen LogP contribution < -0.4 is 15.0 Å². The van der Waals surface area contributed by atoms with E-state index in [0.29, 0.717) is 17.2 Å². The lowest BCUT2D eigenvalue weighted by molar-refractivity contribution is -0.122. The third-order valence-electron chi connectivity index (χ3n) is 7.16. The van der Waals surface area contributed by atoms with Crippen LogP contribution in [-0.2, 0) is 16.0 Å². The fraction of sp³-hybridized carbons (Fsp3) is 0.286. The van der Waals surface area contributed by atoms with Crippen LogP contribution in [0, 0.1) is 5.92 Å². The number of benzene rings is 3. The first-order valence-electron chi connectivity index (χ1n) is 11.8. The molecule has 3 aromatic rings. The van der Waals surface area contributed by atoms with E-state index in [0.717, 1.165) is 55.5 Å². The fourth-order valence-corrected chi connectivity index (χ4v) is 5.49. The zero-order chi connectivity index (χ0) is 22.4. The van der Waals surface area contributed by atoms with Crippen LogP contribution in [0.1, 0.15) is 48.3 Å². The van der Waals surface area contributed by atoms with Gasteiger partial charge in [0.25, 0.3) is 0 Å². The predicted molar refractivity (Wildman–Crippen MR) is 128 cm³/mol. The Kier molecular flexibility index (Phi) is 4.90. The first kappa shape index (κ1) is 20.0. The van der Waals surface area contributed by atoms with Gasteiger partial charge >= 0.3 is 0 Å². The number of nitrogens with one attached hydrogen (secondary N) is 1. The maximum absolute atomic E-state index is 13.6. The Hall–Kier alpha value is -3.60. The molecule has 1 fully saturated rings. The van der Waals surface area contributed by atoms with Crippen LogP contribution in [-0.4, -0.2) is 18.4 Å². The van der Waals surface area contributed by atoms with E-state index in [1.807, 2.05) is 71.6 Å². The van der Waals surface area contributed by atoms with Gasteiger partial charge in [0.05, 0.1) is 5.92 Å². The van der Waals surface area contributed by atoms with Crippen molar-refractivity contribution in [3.63, 3.8) is 0 Å². The molecule has 1 N–H and O–H groups in total. The third kappa shape index (κ3) is 3.48. The number of hydrogen-bond donors (Lipinski definition) is 1. The molecule has 5 heteroatoms. The molecule has 3 aliphatic rings. The van der Waals surface area contributed by atoms with Crippen molar-refractivity contribution in [1.29, 1.82) is 0 Å². The van der Waals surface area contributed by atoms with Crippen molar-refractivity contribution in [2.75, 3.05) is 16.8 Å². The summed E-state index contributed by atoms with van der Waals surface area (Å²) in [4.78, 5) is 28.6. The molecule has 0 bridgehead atoms. The predicted octanol–water partition coefficient (Wildman–Crippen LogP) is 5.64. The number of rotatable bonds is 3. The van der Waals surface area contributed by atoms with Crippen molar-refractivity contribution in [3.05, 3.63) is 83.4 Å². The van der Waals surface area contributed by atoms with Gasteiger partial charge in [-0.25, -0.2) is 0 Å². The number of para-hydroxylation sites is 2. The number of amides is 2. The maximum atomic E-state index is 13.6. The van der Waals surface area contributed by atoms with Crippen molar-refractivity contribution >= 4 is 23.2 Å². The van der Waals surface area contributed by atoms with E-state index in [1.165, 1.54) is 5.56 Å². The van der Waals surface area contributed by atoms with Gasteiger partial charge in [-0.05, 0) is 49.1 Å². The maximum Gasteiger partial charge on any atom is 0.236 e. The van der Waals surface area contributed by atoms with E-state index in [-0.39, 0.29) is 17.7 Å². The van der Waals surface area contributed by atoms with Gasteiger partial charge in [-0.3, -0.25) is 9.59 Å². The molecule has 0 unspecified atom stereocenters. The first-order valence-corrected chi connectivity index (χ1v) is 11.8. The molecule has 6 rings (SSSR count). The Labute approximate surface area is 193 Å². The second kappa shape index (κ2) is 8.07. The second-order valence-corrected chi connectivity index (χ2v) is 9.16. The van der Waals surface area contributed by atoms with Crippen molar-refractivity contribution in [2.45, 2.75) is 38.0 Å². The van der Waals surface area contributed by atoms with Gasteiger partial charge in [-0.2, -0.15) is 0 Å². The summed E-state index contributed by atoms with van der Waals surface area (Å²) in [5.74, 6) is 1.23. The number of fused-ring (bicyclic) bond motifs is 3. The number of nitrogens with zero attached hydrogens (tertiary/aromatic N) is 1. The Morgan fingerprint density at radius 1 is 0.879 bits per heavy atom. The van der Waals surface area contributed by atoms with Gasteiger partial charge in [0, 0.05) is 35.0 Å². The molecule has 2 heterocycles. The summed E-state index contributed by atoms with van der Waals surface area (Å²) in [6.07, 6.45) is 5.12. The lowest BCUT2D eigenvalue weighted by atomic mass is 9.87. The van der Waals surface area contributed by atoms with Gasteiger partial charge in [0.1, 0.15) is 11.5 Å². The SMILES string of the molecule is O=C(Nc1ccc2c(c1)N(C(=O)C1CCCC1)CC2)C1c2ccccc2Oc2ccccc21. The molecule has 3 aromatic carbocycles. The summed E-state index contributed by atoms with van der Waals surface area (Å²) in [6.45, 7) is 0.725. The Morgan fingerprint density at radius 3 is 2.24 bits per heavy atom. The van der Waals surface area contributed by atoms with Gasteiger partial charge in [0.2, 0.25) is 11.8 Å². The van der Waals surface area contributed by atoms with Crippen molar-refractivity contribution in [3.8, 4) is 11.5 Å². The smallest absolute Gasteiger partial charge is 0.236 e. The fourth-order valence-electron chi connectivity index (χ4n) is 5.49. The molecule has 166 valence electrons. The average molecular weight is 439 g/mol. The highest BCUT2D eigenvalue weighted by atomic mass is 16.5. The van der Waals surface area contributed by atoms with Crippen LogP contribution in [0.15, 0.2) is 66.7 Å². The average Bonchev–Trinajstić information content (AvgIpc) is 3.52. The molecule has 2 amide bonds. The number of carbonyl (C=O) groups is 2. The monoisotopic (exact) mass is 438 g/mol. The normalized spacial score (nSPS) is 17.2. The largest absolute Gasteiger partial charge is 0.457 e. The zero-order valence-electron chi connectivity index (χ0n) is 18.4. The summed E-state index contributed by atoms with van der Waals surface area (Å²) >= 11 is 0. The Morgan fingerprint density at radius 2 is 1.55 bits per heavy atom. The van der Waals surface area contributed by atoms with E-state index in [2.05, 4.69) is 5.32 Å². The van der Waals surface area contributed by atoms with Crippen molar-refractivity contribution in [1.82, 2.24) is 0 Å². The van der Waals surface area contributed by atoms with Crippen LogP contribution in [0.2, 0.25) is 0 Å². The van der Waals surface area contributed by atoms with E-state index in [1.54, 1.807) is 0 Å². The van der Waals surface area contributed by atoms with E-state index < -0.39 is 5.92 Å². The van der Waals surface area contributed by atoms with Crippen LogP contribution in [0.4, 0.5) is 11.4 Å². The number of ether oxygens (including phenoxy) is 1. The summed E-state index contributed by atoms with van der Waals surface area (Å²) in [5, 5.41) is 3.12. The van der Waals surface area contributed by atoms with Gasteiger partial charge < -0.3 is 15.0 Å². The molecule has 33 heavy (non-hydrogen) atoms. The minimum atomic E-state index is -0.462. The summed E-state index contributed by atoms with van der Waals surface area (Å²) in [6, 6.07) is 21.3. The summed E-state index contributed by atoms with van der Waals surface area (Å²) < 4.78 is 6.03. The Balaban J connectivity index is 1.29. The van der Waals surface area contributed by atoms with Crippen LogP contribution in [0.25, 0.3) is 0 Å². The molecule has 0 spiro atoms. The molecule has 0 atom stereocenters. The number of hydrogen-bond acceptors (Lipinski definition) is 3. The molecule has 1 saturated carbocycles. The van der Waals surface area contributed by atoms with E-state index in [4.69, 9.17) is 4.74 Å². The topological polar surface area (TPSA) is 58.6 Å². The second-order valence-electron chi connectivity index (χ2n) is 9.16. The number of carbonyl (C=O) groups excluding carboxylic acids is 2. The van der Waals surface area contributed by atoms with Crippen LogP contribution in [0.5, 0.6) is 11.5 Å². The van der Waals surface area contributed by atoms with Crippen LogP contribution >= 0.6 is 0 Å².